The Morgan fingerprint density at radius 3 is 2.74 bits per heavy atom. The highest BCUT2D eigenvalue weighted by atomic mass is 35.5. The van der Waals surface area contributed by atoms with E-state index in [2.05, 4.69) is 25.5 Å². The van der Waals surface area contributed by atoms with Gasteiger partial charge in [-0.25, -0.2) is 22.8 Å². The lowest BCUT2D eigenvalue weighted by atomic mass is 10.2. The minimum atomic E-state index is -3.93. The van der Waals surface area contributed by atoms with Gasteiger partial charge in [-0.2, -0.15) is 0 Å². The van der Waals surface area contributed by atoms with E-state index in [0.29, 0.717) is 21.2 Å². The SMILES string of the molecule is Cc1cccc(CS(=O)(=O)c2ncc(Cl)c(C(=O)Nc3nnc(SCc4ccccc4F)s3)n2)c1. The maximum Gasteiger partial charge on any atom is 0.277 e. The summed E-state index contributed by atoms with van der Waals surface area (Å²) in [5.74, 6) is -1.05. The molecule has 0 atom stereocenters. The molecule has 0 aliphatic carbocycles. The third-order valence-corrected chi connectivity index (χ3v) is 8.35. The summed E-state index contributed by atoms with van der Waals surface area (Å²) in [6, 6.07) is 13.5. The number of anilines is 1. The van der Waals surface area contributed by atoms with E-state index in [0.717, 1.165) is 23.1 Å². The number of rotatable bonds is 8. The lowest BCUT2D eigenvalue weighted by Gasteiger charge is -2.07. The van der Waals surface area contributed by atoms with Crippen molar-refractivity contribution >= 4 is 55.6 Å². The number of carbonyl (C=O) groups is 1. The summed E-state index contributed by atoms with van der Waals surface area (Å²) in [7, 11) is -3.93. The van der Waals surface area contributed by atoms with E-state index in [1.807, 2.05) is 13.0 Å². The van der Waals surface area contributed by atoms with Crippen LogP contribution in [0.15, 0.2) is 64.2 Å². The highest BCUT2D eigenvalue weighted by molar-refractivity contribution is 8.00. The number of hydrogen-bond acceptors (Lipinski definition) is 9. The molecule has 2 aromatic carbocycles. The molecule has 1 amide bonds. The average Bonchev–Trinajstić information content (AvgIpc) is 3.25. The Labute approximate surface area is 213 Å². The Bertz CT molecular complexity index is 1500. The van der Waals surface area contributed by atoms with E-state index >= 15 is 0 Å². The van der Waals surface area contributed by atoms with E-state index in [1.165, 1.54) is 17.8 Å². The molecule has 4 aromatic rings. The maximum absolute atomic E-state index is 13.8. The van der Waals surface area contributed by atoms with E-state index in [-0.39, 0.29) is 27.4 Å². The lowest BCUT2D eigenvalue weighted by molar-refractivity contribution is 0.102. The van der Waals surface area contributed by atoms with Gasteiger partial charge in [-0.1, -0.05) is 82.7 Å². The van der Waals surface area contributed by atoms with Crippen molar-refractivity contribution in [1.29, 1.82) is 0 Å². The van der Waals surface area contributed by atoms with E-state index in [1.54, 1.807) is 36.4 Å². The number of thioether (sulfide) groups is 1. The number of hydrogen-bond donors (Lipinski definition) is 1. The summed E-state index contributed by atoms with van der Waals surface area (Å²) >= 11 is 8.42. The molecule has 0 saturated heterocycles. The Morgan fingerprint density at radius 1 is 1.17 bits per heavy atom. The third-order valence-electron chi connectivity index (χ3n) is 4.59. The fourth-order valence-electron chi connectivity index (χ4n) is 2.98. The van der Waals surface area contributed by atoms with Crippen molar-refractivity contribution in [1.82, 2.24) is 20.2 Å². The molecule has 0 saturated carbocycles. The Balaban J connectivity index is 1.46. The molecule has 0 bridgehead atoms. The first-order chi connectivity index (χ1) is 16.7. The van der Waals surface area contributed by atoms with Crippen molar-refractivity contribution in [3.8, 4) is 0 Å². The number of nitrogens with one attached hydrogen (secondary N) is 1. The average molecular weight is 550 g/mol. The predicted octanol–water partition coefficient (Wildman–Crippen LogP) is 4.95. The Kier molecular flexibility index (Phi) is 7.75. The molecule has 35 heavy (non-hydrogen) atoms. The van der Waals surface area contributed by atoms with Gasteiger partial charge >= 0.3 is 0 Å². The number of amides is 1. The van der Waals surface area contributed by atoms with Crippen LogP contribution < -0.4 is 5.32 Å². The number of sulfone groups is 1. The highest BCUT2D eigenvalue weighted by Crippen LogP contribution is 2.29. The molecule has 2 heterocycles. The van der Waals surface area contributed by atoms with Gasteiger partial charge in [0.15, 0.2) is 10.0 Å². The van der Waals surface area contributed by atoms with Gasteiger partial charge in [0.25, 0.3) is 5.91 Å². The van der Waals surface area contributed by atoms with Crippen LogP contribution in [0.4, 0.5) is 9.52 Å². The van der Waals surface area contributed by atoms with Crippen LogP contribution in [0.25, 0.3) is 0 Å². The van der Waals surface area contributed by atoms with Gasteiger partial charge in [-0.3, -0.25) is 10.1 Å². The van der Waals surface area contributed by atoms with Crippen molar-refractivity contribution in [2.75, 3.05) is 5.32 Å². The normalized spacial score (nSPS) is 11.4. The van der Waals surface area contributed by atoms with Gasteiger partial charge in [-0.15, -0.1) is 10.2 Å². The monoisotopic (exact) mass is 549 g/mol. The van der Waals surface area contributed by atoms with Gasteiger partial charge in [0.1, 0.15) is 5.82 Å². The largest absolute Gasteiger partial charge is 0.295 e. The minimum absolute atomic E-state index is 0.115. The zero-order chi connectivity index (χ0) is 25.0. The highest BCUT2D eigenvalue weighted by Gasteiger charge is 2.24. The first-order valence-electron chi connectivity index (χ1n) is 10.0. The maximum atomic E-state index is 13.8. The number of nitrogens with zero attached hydrogens (tertiary/aromatic N) is 4. The Hall–Kier alpha value is -2.93. The first-order valence-corrected chi connectivity index (χ1v) is 13.9. The fraction of sp³-hybridized carbons (Fsp3) is 0.136. The van der Waals surface area contributed by atoms with Crippen LogP contribution in [0.3, 0.4) is 0 Å². The number of carbonyl (C=O) groups excluding carboxylic acids is 1. The number of benzene rings is 2. The van der Waals surface area contributed by atoms with E-state index in [4.69, 9.17) is 11.6 Å². The molecule has 180 valence electrons. The standard InChI is InChI=1S/C22H17ClFN5O3S3/c1-13-5-4-6-14(9-13)12-35(31,32)21-25-10-16(23)18(26-21)19(30)27-20-28-29-22(34-20)33-11-15-7-2-3-8-17(15)24/h2-10H,11-12H2,1H3,(H,27,28,30). The summed E-state index contributed by atoms with van der Waals surface area (Å²) in [5, 5.41) is 9.92. The molecular weight excluding hydrogens is 533 g/mol. The molecule has 0 radical (unpaired) electrons. The van der Waals surface area contributed by atoms with Crippen molar-refractivity contribution in [2.24, 2.45) is 0 Å². The lowest BCUT2D eigenvalue weighted by Crippen LogP contribution is -2.18. The molecule has 1 N–H and O–H groups in total. The topological polar surface area (TPSA) is 115 Å². The molecule has 0 fully saturated rings. The van der Waals surface area contributed by atoms with Crippen LogP contribution >= 0.6 is 34.7 Å². The van der Waals surface area contributed by atoms with Crippen LogP contribution in [-0.4, -0.2) is 34.5 Å². The van der Waals surface area contributed by atoms with Crippen molar-refractivity contribution in [2.45, 2.75) is 27.9 Å². The van der Waals surface area contributed by atoms with Gasteiger partial charge < -0.3 is 0 Å². The first kappa shape index (κ1) is 25.2. The predicted molar refractivity (Wildman–Crippen MR) is 133 cm³/mol. The summed E-state index contributed by atoms with van der Waals surface area (Å²) in [5.41, 5.74) is 1.70. The van der Waals surface area contributed by atoms with E-state index < -0.39 is 20.9 Å². The van der Waals surface area contributed by atoms with E-state index in [9.17, 15) is 17.6 Å². The molecule has 2 aromatic heterocycles. The number of aryl methyl sites for hydroxylation is 1. The zero-order valence-corrected chi connectivity index (χ0v) is 21.3. The van der Waals surface area contributed by atoms with Gasteiger partial charge in [0.05, 0.1) is 17.0 Å². The molecule has 0 spiro atoms. The van der Waals surface area contributed by atoms with Crippen LogP contribution in [0, 0.1) is 12.7 Å². The van der Waals surface area contributed by atoms with Crippen LogP contribution in [0.5, 0.6) is 0 Å². The molecular formula is C22H17ClFN5O3S3. The molecule has 0 aliphatic heterocycles. The van der Waals surface area contributed by atoms with Gasteiger partial charge in [0.2, 0.25) is 20.1 Å². The van der Waals surface area contributed by atoms with Crippen LogP contribution in [0.2, 0.25) is 5.02 Å². The zero-order valence-electron chi connectivity index (χ0n) is 18.1. The third kappa shape index (κ3) is 6.40. The second-order valence-electron chi connectivity index (χ2n) is 7.30. The summed E-state index contributed by atoms with van der Waals surface area (Å²) in [6.07, 6.45) is 1.07. The second kappa shape index (κ2) is 10.8. The van der Waals surface area contributed by atoms with Crippen LogP contribution in [-0.2, 0) is 21.3 Å². The molecule has 4 rings (SSSR count). The fourth-order valence-corrected chi connectivity index (χ4v) is 6.08. The van der Waals surface area contributed by atoms with Crippen molar-refractivity contribution in [3.05, 3.63) is 88.0 Å². The van der Waals surface area contributed by atoms with Gasteiger partial charge in [0, 0.05) is 5.75 Å². The van der Waals surface area contributed by atoms with Crippen molar-refractivity contribution in [3.63, 3.8) is 0 Å². The summed E-state index contributed by atoms with van der Waals surface area (Å²) in [6.45, 7) is 1.86. The molecule has 0 unspecified atom stereocenters. The summed E-state index contributed by atoms with van der Waals surface area (Å²) < 4.78 is 39.9. The summed E-state index contributed by atoms with van der Waals surface area (Å²) in [4.78, 5) is 20.5. The minimum Gasteiger partial charge on any atom is -0.295 e. The molecule has 0 aliphatic rings. The van der Waals surface area contributed by atoms with Crippen LogP contribution in [0.1, 0.15) is 27.2 Å². The van der Waals surface area contributed by atoms with Crippen molar-refractivity contribution < 1.29 is 17.6 Å². The van der Waals surface area contributed by atoms with Gasteiger partial charge in [-0.05, 0) is 24.1 Å². The quantitative estimate of drug-likeness (QED) is 0.186. The molecule has 13 heteroatoms. The Morgan fingerprint density at radius 2 is 1.97 bits per heavy atom. The molecule has 8 nitrogen and oxygen atoms in total. The second-order valence-corrected chi connectivity index (χ2v) is 11.8. The smallest absolute Gasteiger partial charge is 0.277 e. The number of aromatic nitrogens is 4. The number of halogens is 2.